The van der Waals surface area contributed by atoms with Crippen LogP contribution in [0.2, 0.25) is 0 Å². The number of halogens is 3. The van der Waals surface area contributed by atoms with Gasteiger partial charge in [-0.3, -0.25) is 0 Å². The van der Waals surface area contributed by atoms with Crippen LogP contribution in [0.1, 0.15) is 17.2 Å². The van der Waals surface area contributed by atoms with Crippen molar-refractivity contribution in [3.63, 3.8) is 0 Å². The van der Waals surface area contributed by atoms with Crippen LogP contribution in [0.15, 0.2) is 24.3 Å². The lowest BCUT2D eigenvalue weighted by atomic mass is 10.1. The second-order valence-corrected chi connectivity index (χ2v) is 3.19. The molecule has 2 nitrogen and oxygen atoms in total. The Bertz CT molecular complexity index is 325. The molecule has 5 heteroatoms. The third-order valence-electron chi connectivity index (χ3n) is 1.99. The molecule has 0 heterocycles. The molecule has 15 heavy (non-hydrogen) atoms. The van der Waals surface area contributed by atoms with Gasteiger partial charge in [-0.05, 0) is 17.7 Å². The first kappa shape index (κ1) is 12.0. The predicted octanol–water partition coefficient (Wildman–Crippen LogP) is 2.35. The summed E-state index contributed by atoms with van der Waals surface area (Å²) in [6.45, 7) is 0.196. The molecule has 0 radical (unpaired) electrons. The quantitative estimate of drug-likeness (QED) is 0.846. The van der Waals surface area contributed by atoms with Gasteiger partial charge in [0.1, 0.15) is 0 Å². The van der Waals surface area contributed by atoms with Gasteiger partial charge >= 0.3 is 6.18 Å². The molecule has 1 rings (SSSR count). The lowest BCUT2D eigenvalue weighted by Crippen LogP contribution is -2.17. The van der Waals surface area contributed by atoms with E-state index in [2.05, 4.69) is 0 Å². The number of nitrogens with two attached hydrogens (primary N) is 1. The monoisotopic (exact) mass is 219 g/mol. The van der Waals surface area contributed by atoms with Crippen LogP contribution in [0.4, 0.5) is 13.2 Å². The molecule has 1 aromatic rings. The van der Waals surface area contributed by atoms with Crippen LogP contribution in [0.25, 0.3) is 0 Å². The normalized spacial score (nSPS) is 13.9. The van der Waals surface area contributed by atoms with Gasteiger partial charge in [0.05, 0.1) is 18.2 Å². The molecule has 84 valence electrons. The maximum absolute atomic E-state index is 12.3. The molecule has 1 aromatic carbocycles. The van der Waals surface area contributed by atoms with Crippen LogP contribution in [0, 0.1) is 0 Å². The van der Waals surface area contributed by atoms with E-state index in [0.29, 0.717) is 5.56 Å². The summed E-state index contributed by atoms with van der Waals surface area (Å²) >= 11 is 0. The summed E-state index contributed by atoms with van der Waals surface area (Å²) in [5, 5.41) is 0. The van der Waals surface area contributed by atoms with Crippen LogP contribution in [0.5, 0.6) is 0 Å². The van der Waals surface area contributed by atoms with Gasteiger partial charge < -0.3 is 10.5 Å². The zero-order chi connectivity index (χ0) is 11.5. The Morgan fingerprint density at radius 1 is 1.40 bits per heavy atom. The first-order valence-corrected chi connectivity index (χ1v) is 4.37. The van der Waals surface area contributed by atoms with Crippen molar-refractivity contribution in [2.24, 2.45) is 5.73 Å². The summed E-state index contributed by atoms with van der Waals surface area (Å²) in [7, 11) is 1.45. The fourth-order valence-corrected chi connectivity index (χ4v) is 1.22. The van der Waals surface area contributed by atoms with Crippen molar-refractivity contribution in [2.45, 2.75) is 12.2 Å². The van der Waals surface area contributed by atoms with Crippen molar-refractivity contribution < 1.29 is 17.9 Å². The highest BCUT2D eigenvalue weighted by atomic mass is 19.4. The molecular formula is C10H12F3NO. The summed E-state index contributed by atoms with van der Waals surface area (Å²) in [5.41, 5.74) is 5.36. The molecule has 0 aliphatic rings. The van der Waals surface area contributed by atoms with Gasteiger partial charge in [-0.15, -0.1) is 0 Å². The smallest absolute Gasteiger partial charge is 0.383 e. The maximum Gasteiger partial charge on any atom is 0.416 e. The zero-order valence-electron chi connectivity index (χ0n) is 8.21. The third kappa shape index (κ3) is 3.21. The molecule has 0 aliphatic heterocycles. The van der Waals surface area contributed by atoms with Gasteiger partial charge in [0, 0.05) is 7.11 Å². The fraction of sp³-hybridized carbons (Fsp3) is 0.400. The van der Waals surface area contributed by atoms with Gasteiger partial charge in [0.15, 0.2) is 0 Å². The van der Waals surface area contributed by atoms with Gasteiger partial charge in [0.2, 0.25) is 0 Å². The number of alkyl halides is 3. The average molecular weight is 219 g/mol. The van der Waals surface area contributed by atoms with Gasteiger partial charge in [-0.2, -0.15) is 13.2 Å². The largest absolute Gasteiger partial charge is 0.416 e. The highest BCUT2D eigenvalue weighted by Gasteiger charge is 2.30. The summed E-state index contributed by atoms with van der Waals surface area (Å²) < 4.78 is 41.8. The van der Waals surface area contributed by atoms with E-state index in [9.17, 15) is 13.2 Å². The van der Waals surface area contributed by atoms with E-state index in [1.165, 1.54) is 13.2 Å². The molecule has 0 spiro atoms. The van der Waals surface area contributed by atoms with Gasteiger partial charge in [0.25, 0.3) is 0 Å². The van der Waals surface area contributed by atoms with Crippen molar-refractivity contribution >= 4 is 0 Å². The van der Waals surface area contributed by atoms with Gasteiger partial charge in [-0.1, -0.05) is 12.1 Å². The molecule has 0 saturated carbocycles. The lowest BCUT2D eigenvalue weighted by molar-refractivity contribution is -0.137. The van der Waals surface area contributed by atoms with Crippen molar-refractivity contribution in [2.75, 3.05) is 13.7 Å². The third-order valence-corrected chi connectivity index (χ3v) is 1.99. The summed E-state index contributed by atoms with van der Waals surface area (Å²) in [5.74, 6) is 0. The minimum Gasteiger partial charge on any atom is -0.383 e. The number of benzene rings is 1. The molecular weight excluding hydrogens is 207 g/mol. The van der Waals surface area contributed by atoms with Crippen LogP contribution in [-0.4, -0.2) is 13.7 Å². The Hall–Kier alpha value is -1.07. The molecule has 0 unspecified atom stereocenters. The van der Waals surface area contributed by atoms with Crippen molar-refractivity contribution in [1.82, 2.24) is 0 Å². The minimum atomic E-state index is -4.33. The molecule has 0 aromatic heterocycles. The maximum atomic E-state index is 12.3. The standard InChI is InChI=1S/C10H12F3NO/c1-15-6-9(14)7-3-2-4-8(5-7)10(11,12)13/h2-5,9H,6,14H2,1H3/t9-/m0/s1. The van der Waals surface area contributed by atoms with E-state index in [-0.39, 0.29) is 6.61 Å². The Morgan fingerprint density at radius 2 is 2.07 bits per heavy atom. The van der Waals surface area contributed by atoms with Gasteiger partial charge in [-0.25, -0.2) is 0 Å². The zero-order valence-corrected chi connectivity index (χ0v) is 8.21. The molecule has 0 fully saturated rings. The summed E-state index contributed by atoms with van der Waals surface area (Å²) in [4.78, 5) is 0. The van der Waals surface area contributed by atoms with Crippen molar-refractivity contribution in [3.05, 3.63) is 35.4 Å². The number of rotatable bonds is 3. The Labute approximate surface area is 85.8 Å². The minimum absolute atomic E-state index is 0.196. The Balaban J connectivity index is 2.92. The molecule has 0 aliphatic carbocycles. The first-order valence-electron chi connectivity index (χ1n) is 4.37. The van der Waals surface area contributed by atoms with E-state index >= 15 is 0 Å². The second kappa shape index (κ2) is 4.63. The molecule has 0 bridgehead atoms. The Kier molecular flexibility index (Phi) is 3.71. The highest BCUT2D eigenvalue weighted by Crippen LogP contribution is 2.30. The van der Waals surface area contributed by atoms with Crippen LogP contribution < -0.4 is 5.73 Å². The number of hydrogen-bond donors (Lipinski definition) is 1. The summed E-state index contributed by atoms with van der Waals surface area (Å²) in [6, 6.07) is 4.43. The van der Waals surface area contributed by atoms with E-state index < -0.39 is 17.8 Å². The second-order valence-electron chi connectivity index (χ2n) is 3.19. The highest BCUT2D eigenvalue weighted by molar-refractivity contribution is 5.27. The fourth-order valence-electron chi connectivity index (χ4n) is 1.22. The van der Waals surface area contributed by atoms with E-state index in [4.69, 9.17) is 10.5 Å². The van der Waals surface area contributed by atoms with Crippen LogP contribution in [-0.2, 0) is 10.9 Å². The molecule has 0 saturated heterocycles. The van der Waals surface area contributed by atoms with Crippen LogP contribution >= 0.6 is 0 Å². The van der Waals surface area contributed by atoms with Crippen molar-refractivity contribution in [1.29, 1.82) is 0 Å². The summed E-state index contributed by atoms with van der Waals surface area (Å²) in [6.07, 6.45) is -4.33. The first-order chi connectivity index (χ1) is 6.95. The van der Waals surface area contributed by atoms with E-state index in [1.54, 1.807) is 6.07 Å². The number of hydrogen-bond acceptors (Lipinski definition) is 2. The number of ether oxygens (including phenoxy) is 1. The van der Waals surface area contributed by atoms with E-state index in [1.807, 2.05) is 0 Å². The molecule has 2 N–H and O–H groups in total. The van der Waals surface area contributed by atoms with Crippen LogP contribution in [0.3, 0.4) is 0 Å². The molecule has 0 amide bonds. The Morgan fingerprint density at radius 3 is 2.60 bits per heavy atom. The van der Waals surface area contributed by atoms with E-state index in [0.717, 1.165) is 12.1 Å². The lowest BCUT2D eigenvalue weighted by Gasteiger charge is -2.13. The topological polar surface area (TPSA) is 35.2 Å². The molecule has 1 atom stereocenters. The van der Waals surface area contributed by atoms with Crippen molar-refractivity contribution in [3.8, 4) is 0 Å². The average Bonchev–Trinajstić information content (AvgIpc) is 2.17. The predicted molar refractivity (Wildman–Crippen MR) is 50.2 cm³/mol. The SMILES string of the molecule is COC[C@H](N)c1cccc(C(F)(F)F)c1. The number of methoxy groups -OCH3 is 1.